The number of rotatable bonds is 5. The van der Waals surface area contributed by atoms with Crippen LogP contribution in [-0.2, 0) is 11.2 Å². The van der Waals surface area contributed by atoms with Crippen molar-refractivity contribution in [3.05, 3.63) is 35.9 Å². The van der Waals surface area contributed by atoms with Crippen molar-refractivity contribution in [1.29, 1.82) is 0 Å². The van der Waals surface area contributed by atoms with E-state index in [1.54, 1.807) is 0 Å². The number of likely N-dealkylation sites (tertiary alicyclic amines) is 1. The fourth-order valence-corrected chi connectivity index (χ4v) is 3.15. The van der Waals surface area contributed by atoms with Gasteiger partial charge in [-0.1, -0.05) is 43.7 Å². The van der Waals surface area contributed by atoms with E-state index in [2.05, 4.69) is 38.1 Å². The van der Waals surface area contributed by atoms with Crippen molar-refractivity contribution in [2.45, 2.75) is 51.6 Å². The quantitative estimate of drug-likeness (QED) is 0.908. The Morgan fingerprint density at radius 3 is 2.67 bits per heavy atom. The second kappa shape index (κ2) is 8.40. The van der Waals surface area contributed by atoms with Crippen LogP contribution in [0.4, 0.5) is 0 Å². The highest BCUT2D eigenvalue weighted by Crippen LogP contribution is 2.28. The Balaban J connectivity index is 0.00000220. The minimum Gasteiger partial charge on any atom is -0.338 e. The van der Waals surface area contributed by atoms with Gasteiger partial charge in [0.15, 0.2) is 0 Å². The standard InChI is InChI=1S/C17H26N2O.ClH/c1-3-7-16(18)17(20)19-11-10-15(13(19)2)12-14-8-5-4-6-9-14;/h4-6,8-9,13,15-16H,3,7,10-12,18H2,1-2H3;1H. The Hall–Kier alpha value is -1.06. The van der Waals surface area contributed by atoms with Gasteiger partial charge in [0.25, 0.3) is 0 Å². The maximum absolute atomic E-state index is 12.3. The van der Waals surface area contributed by atoms with Crippen LogP contribution in [0.2, 0.25) is 0 Å². The van der Waals surface area contributed by atoms with Crippen LogP contribution in [0, 0.1) is 5.92 Å². The molecule has 3 unspecified atom stereocenters. The van der Waals surface area contributed by atoms with E-state index < -0.39 is 0 Å². The van der Waals surface area contributed by atoms with Crippen LogP contribution in [0.25, 0.3) is 0 Å². The normalized spacial score (nSPS) is 22.7. The molecular formula is C17H27ClN2O. The zero-order chi connectivity index (χ0) is 14.5. The van der Waals surface area contributed by atoms with Gasteiger partial charge in [-0.05, 0) is 37.7 Å². The monoisotopic (exact) mass is 310 g/mol. The molecule has 0 radical (unpaired) electrons. The summed E-state index contributed by atoms with van der Waals surface area (Å²) in [5.41, 5.74) is 7.33. The van der Waals surface area contributed by atoms with Crippen molar-refractivity contribution < 1.29 is 4.79 Å². The summed E-state index contributed by atoms with van der Waals surface area (Å²) in [6.45, 7) is 5.09. The van der Waals surface area contributed by atoms with Gasteiger partial charge in [0, 0.05) is 12.6 Å². The topological polar surface area (TPSA) is 46.3 Å². The van der Waals surface area contributed by atoms with Crippen LogP contribution in [0.1, 0.15) is 38.7 Å². The predicted molar refractivity (Wildman–Crippen MR) is 89.6 cm³/mol. The molecule has 1 fully saturated rings. The maximum atomic E-state index is 12.3. The van der Waals surface area contributed by atoms with Gasteiger partial charge in [0.2, 0.25) is 5.91 Å². The van der Waals surface area contributed by atoms with Crippen LogP contribution < -0.4 is 5.73 Å². The number of amides is 1. The van der Waals surface area contributed by atoms with E-state index in [4.69, 9.17) is 5.73 Å². The third-order valence-corrected chi connectivity index (χ3v) is 4.46. The summed E-state index contributed by atoms with van der Waals surface area (Å²) in [5.74, 6) is 0.685. The summed E-state index contributed by atoms with van der Waals surface area (Å²) in [7, 11) is 0. The molecule has 1 heterocycles. The molecule has 0 spiro atoms. The van der Waals surface area contributed by atoms with Gasteiger partial charge >= 0.3 is 0 Å². The van der Waals surface area contributed by atoms with E-state index in [-0.39, 0.29) is 24.4 Å². The molecule has 1 saturated heterocycles. The Bertz CT molecular complexity index is 438. The Kier molecular flexibility index (Phi) is 7.20. The average molecular weight is 311 g/mol. The zero-order valence-corrected chi connectivity index (χ0v) is 13.8. The number of benzene rings is 1. The summed E-state index contributed by atoms with van der Waals surface area (Å²) in [5, 5.41) is 0. The lowest BCUT2D eigenvalue weighted by atomic mass is 9.93. The van der Waals surface area contributed by atoms with Crippen molar-refractivity contribution in [2.75, 3.05) is 6.54 Å². The Morgan fingerprint density at radius 2 is 2.05 bits per heavy atom. The molecule has 1 aliphatic heterocycles. The van der Waals surface area contributed by atoms with Crippen molar-refractivity contribution in [2.24, 2.45) is 11.7 Å². The van der Waals surface area contributed by atoms with Crippen molar-refractivity contribution in [3.8, 4) is 0 Å². The molecule has 0 saturated carbocycles. The van der Waals surface area contributed by atoms with E-state index in [0.717, 1.165) is 32.2 Å². The summed E-state index contributed by atoms with van der Waals surface area (Å²) in [6, 6.07) is 10.5. The predicted octanol–water partition coefficient (Wildman–Crippen LogP) is 3.02. The maximum Gasteiger partial charge on any atom is 0.239 e. The van der Waals surface area contributed by atoms with E-state index in [1.165, 1.54) is 5.56 Å². The van der Waals surface area contributed by atoms with Gasteiger partial charge in [-0.2, -0.15) is 0 Å². The molecule has 21 heavy (non-hydrogen) atoms. The largest absolute Gasteiger partial charge is 0.338 e. The van der Waals surface area contributed by atoms with E-state index in [0.29, 0.717) is 12.0 Å². The third kappa shape index (κ3) is 4.45. The van der Waals surface area contributed by atoms with Crippen LogP contribution in [0.5, 0.6) is 0 Å². The number of halogens is 1. The average Bonchev–Trinajstić information content (AvgIpc) is 2.81. The second-order valence-electron chi connectivity index (χ2n) is 5.91. The highest BCUT2D eigenvalue weighted by molar-refractivity contribution is 5.85. The molecule has 1 aromatic carbocycles. The molecule has 0 aliphatic carbocycles. The minimum absolute atomic E-state index is 0. The molecular weight excluding hydrogens is 284 g/mol. The van der Waals surface area contributed by atoms with Gasteiger partial charge in [0.05, 0.1) is 6.04 Å². The van der Waals surface area contributed by atoms with Crippen molar-refractivity contribution in [3.63, 3.8) is 0 Å². The first-order valence-electron chi connectivity index (χ1n) is 7.73. The lowest BCUT2D eigenvalue weighted by molar-refractivity contribution is -0.133. The van der Waals surface area contributed by atoms with Crippen LogP contribution in [0.3, 0.4) is 0 Å². The smallest absolute Gasteiger partial charge is 0.239 e. The molecule has 0 bridgehead atoms. The first-order valence-corrected chi connectivity index (χ1v) is 7.73. The molecule has 118 valence electrons. The molecule has 4 heteroatoms. The molecule has 2 N–H and O–H groups in total. The van der Waals surface area contributed by atoms with Gasteiger partial charge in [-0.25, -0.2) is 0 Å². The van der Waals surface area contributed by atoms with E-state index in [1.807, 2.05) is 11.0 Å². The fourth-order valence-electron chi connectivity index (χ4n) is 3.15. The van der Waals surface area contributed by atoms with Gasteiger partial charge in [-0.15, -0.1) is 12.4 Å². The van der Waals surface area contributed by atoms with Gasteiger partial charge in [0.1, 0.15) is 0 Å². The second-order valence-corrected chi connectivity index (χ2v) is 5.91. The molecule has 1 aromatic rings. The van der Waals surface area contributed by atoms with Gasteiger partial charge in [-0.3, -0.25) is 4.79 Å². The molecule has 2 rings (SSSR count). The van der Waals surface area contributed by atoms with Crippen molar-refractivity contribution >= 4 is 18.3 Å². The number of carbonyl (C=O) groups is 1. The number of hydrogen-bond acceptors (Lipinski definition) is 2. The highest BCUT2D eigenvalue weighted by Gasteiger charge is 2.35. The van der Waals surface area contributed by atoms with Crippen LogP contribution in [0.15, 0.2) is 30.3 Å². The number of nitrogens with zero attached hydrogens (tertiary/aromatic N) is 1. The summed E-state index contributed by atoms with van der Waals surface area (Å²) < 4.78 is 0. The summed E-state index contributed by atoms with van der Waals surface area (Å²) in [4.78, 5) is 14.3. The lowest BCUT2D eigenvalue weighted by Crippen LogP contribution is -2.46. The first kappa shape index (κ1) is 18.0. The van der Waals surface area contributed by atoms with Gasteiger partial charge < -0.3 is 10.6 Å². The summed E-state index contributed by atoms with van der Waals surface area (Å²) >= 11 is 0. The molecule has 0 aromatic heterocycles. The minimum atomic E-state index is -0.321. The number of nitrogens with two attached hydrogens (primary N) is 1. The van der Waals surface area contributed by atoms with E-state index >= 15 is 0 Å². The zero-order valence-electron chi connectivity index (χ0n) is 13.0. The molecule has 3 atom stereocenters. The molecule has 1 amide bonds. The third-order valence-electron chi connectivity index (χ3n) is 4.46. The SMILES string of the molecule is CCCC(N)C(=O)N1CCC(Cc2ccccc2)C1C.Cl. The lowest BCUT2D eigenvalue weighted by Gasteiger charge is -2.27. The van der Waals surface area contributed by atoms with Crippen LogP contribution >= 0.6 is 12.4 Å². The fraction of sp³-hybridized carbons (Fsp3) is 0.588. The molecule has 1 aliphatic rings. The van der Waals surface area contributed by atoms with Crippen molar-refractivity contribution in [1.82, 2.24) is 4.90 Å². The number of carbonyl (C=O) groups excluding carboxylic acids is 1. The Labute approximate surface area is 134 Å². The first-order chi connectivity index (χ1) is 9.63. The Morgan fingerprint density at radius 1 is 1.38 bits per heavy atom. The summed E-state index contributed by atoms with van der Waals surface area (Å²) in [6.07, 6.45) is 3.88. The number of hydrogen-bond donors (Lipinski definition) is 1. The van der Waals surface area contributed by atoms with Crippen LogP contribution in [-0.4, -0.2) is 29.4 Å². The van der Waals surface area contributed by atoms with E-state index in [9.17, 15) is 4.79 Å². The molecule has 3 nitrogen and oxygen atoms in total. The highest BCUT2D eigenvalue weighted by atomic mass is 35.5.